The largest absolute Gasteiger partial charge is 0.321 e. The van der Waals surface area contributed by atoms with Gasteiger partial charge in [-0.1, -0.05) is 20.8 Å². The third-order valence-corrected chi connectivity index (χ3v) is 2.85. The summed E-state index contributed by atoms with van der Waals surface area (Å²) in [4.78, 5) is 11.6. The second-order valence-corrected chi connectivity index (χ2v) is 6.90. The SMILES string of the molecule is CC(C)(C)C(=O)C(N)CCS(C)(=O)=O. The summed E-state index contributed by atoms with van der Waals surface area (Å²) in [7, 11) is -3.03. The van der Waals surface area contributed by atoms with Gasteiger partial charge in [0.15, 0.2) is 5.78 Å². The van der Waals surface area contributed by atoms with E-state index >= 15 is 0 Å². The zero-order valence-electron chi connectivity index (χ0n) is 9.20. The predicted octanol–water partition coefficient (Wildman–Crippen LogP) is 0.364. The maximum absolute atomic E-state index is 11.6. The molecule has 2 N–H and O–H groups in total. The molecule has 0 bridgehead atoms. The second-order valence-electron chi connectivity index (χ2n) is 4.64. The summed E-state index contributed by atoms with van der Waals surface area (Å²) < 4.78 is 21.7. The van der Waals surface area contributed by atoms with Gasteiger partial charge in [-0.05, 0) is 6.42 Å². The van der Waals surface area contributed by atoms with Crippen molar-refractivity contribution in [2.24, 2.45) is 11.1 Å². The van der Waals surface area contributed by atoms with E-state index in [2.05, 4.69) is 0 Å². The Bertz CT molecular complexity index is 301. The fourth-order valence-corrected chi connectivity index (χ4v) is 1.71. The first-order chi connectivity index (χ1) is 6.04. The number of sulfone groups is 1. The average molecular weight is 221 g/mol. The Labute approximate surface area is 85.8 Å². The number of hydrogen-bond donors (Lipinski definition) is 1. The van der Waals surface area contributed by atoms with Gasteiger partial charge in [-0.15, -0.1) is 0 Å². The average Bonchev–Trinajstić information content (AvgIpc) is 1.95. The normalized spacial score (nSPS) is 15.2. The van der Waals surface area contributed by atoms with Gasteiger partial charge < -0.3 is 5.73 Å². The van der Waals surface area contributed by atoms with Crippen LogP contribution < -0.4 is 5.73 Å². The van der Waals surface area contributed by atoms with Crippen molar-refractivity contribution in [2.45, 2.75) is 33.2 Å². The molecule has 0 aromatic rings. The molecule has 0 aromatic carbocycles. The number of Topliss-reactive ketones (excluding diaryl/α,β-unsaturated/α-hetero) is 1. The summed E-state index contributed by atoms with van der Waals surface area (Å²) in [6.45, 7) is 5.32. The lowest BCUT2D eigenvalue weighted by atomic mass is 9.86. The van der Waals surface area contributed by atoms with Crippen LogP contribution in [0.2, 0.25) is 0 Å². The van der Waals surface area contributed by atoms with E-state index in [4.69, 9.17) is 5.73 Å². The highest BCUT2D eigenvalue weighted by Gasteiger charge is 2.27. The van der Waals surface area contributed by atoms with Crippen LogP contribution in [0.25, 0.3) is 0 Å². The van der Waals surface area contributed by atoms with Gasteiger partial charge in [0.25, 0.3) is 0 Å². The molecule has 4 nitrogen and oxygen atoms in total. The van der Waals surface area contributed by atoms with Crippen molar-refractivity contribution in [2.75, 3.05) is 12.0 Å². The lowest BCUT2D eigenvalue weighted by molar-refractivity contribution is -0.127. The van der Waals surface area contributed by atoms with Crippen LogP contribution in [0.1, 0.15) is 27.2 Å². The molecule has 0 rings (SSSR count). The molecule has 0 aliphatic carbocycles. The molecule has 84 valence electrons. The van der Waals surface area contributed by atoms with Crippen LogP contribution in [0.4, 0.5) is 0 Å². The standard InChI is InChI=1S/C9H19NO3S/c1-9(2,3)8(11)7(10)5-6-14(4,12)13/h7H,5-6,10H2,1-4H3. The fourth-order valence-electron chi connectivity index (χ4n) is 1.03. The van der Waals surface area contributed by atoms with E-state index < -0.39 is 21.3 Å². The van der Waals surface area contributed by atoms with Gasteiger partial charge in [-0.25, -0.2) is 8.42 Å². The minimum atomic E-state index is -3.03. The molecule has 0 aliphatic rings. The topological polar surface area (TPSA) is 77.2 Å². The van der Waals surface area contributed by atoms with Crippen molar-refractivity contribution in [3.05, 3.63) is 0 Å². The number of carbonyl (C=O) groups is 1. The minimum Gasteiger partial charge on any atom is -0.321 e. The summed E-state index contributed by atoms with van der Waals surface area (Å²) in [6, 6.07) is -0.676. The van der Waals surface area contributed by atoms with Gasteiger partial charge >= 0.3 is 0 Å². The van der Waals surface area contributed by atoms with Gasteiger partial charge in [0, 0.05) is 11.7 Å². The minimum absolute atomic E-state index is 0.0318. The smallest absolute Gasteiger partial charge is 0.154 e. The molecule has 0 spiro atoms. The number of hydrogen-bond acceptors (Lipinski definition) is 4. The third kappa shape index (κ3) is 5.34. The van der Waals surface area contributed by atoms with Gasteiger partial charge in [-0.2, -0.15) is 0 Å². The van der Waals surface area contributed by atoms with Crippen LogP contribution in [0.15, 0.2) is 0 Å². The summed E-state index contributed by atoms with van der Waals surface area (Å²) in [6.07, 6.45) is 1.34. The quantitative estimate of drug-likeness (QED) is 0.743. The summed E-state index contributed by atoms with van der Waals surface area (Å²) in [5.41, 5.74) is 5.09. The Morgan fingerprint density at radius 3 is 2.07 bits per heavy atom. The molecule has 0 saturated heterocycles. The van der Waals surface area contributed by atoms with Gasteiger partial charge in [-0.3, -0.25) is 4.79 Å². The van der Waals surface area contributed by atoms with E-state index in [0.29, 0.717) is 0 Å². The van der Waals surface area contributed by atoms with Crippen LogP contribution in [-0.4, -0.2) is 32.3 Å². The predicted molar refractivity (Wildman–Crippen MR) is 56.8 cm³/mol. The highest BCUT2D eigenvalue weighted by molar-refractivity contribution is 7.90. The Hall–Kier alpha value is -0.420. The number of nitrogens with two attached hydrogens (primary N) is 1. The van der Waals surface area contributed by atoms with Gasteiger partial charge in [0.2, 0.25) is 0 Å². The monoisotopic (exact) mass is 221 g/mol. The Balaban J connectivity index is 4.24. The van der Waals surface area contributed by atoms with Gasteiger partial charge in [0.1, 0.15) is 9.84 Å². The maximum Gasteiger partial charge on any atom is 0.154 e. The van der Waals surface area contributed by atoms with Crippen molar-refractivity contribution in [3.8, 4) is 0 Å². The van der Waals surface area contributed by atoms with Crippen molar-refractivity contribution in [1.82, 2.24) is 0 Å². The first-order valence-corrected chi connectivity index (χ1v) is 6.58. The van der Waals surface area contributed by atoms with Crippen LogP contribution in [0.3, 0.4) is 0 Å². The number of rotatable bonds is 4. The molecule has 0 aliphatic heterocycles. The fraction of sp³-hybridized carbons (Fsp3) is 0.889. The highest BCUT2D eigenvalue weighted by Crippen LogP contribution is 2.17. The Kier molecular flexibility index (Phi) is 4.27. The van der Waals surface area contributed by atoms with Crippen molar-refractivity contribution >= 4 is 15.6 Å². The van der Waals surface area contributed by atoms with E-state index in [0.717, 1.165) is 6.26 Å². The molecule has 1 atom stereocenters. The zero-order chi connectivity index (χ0) is 11.6. The van der Waals surface area contributed by atoms with E-state index in [1.165, 1.54) is 0 Å². The van der Waals surface area contributed by atoms with Crippen molar-refractivity contribution < 1.29 is 13.2 Å². The molecule has 0 fully saturated rings. The van der Waals surface area contributed by atoms with Crippen LogP contribution in [0, 0.1) is 5.41 Å². The Morgan fingerprint density at radius 1 is 1.36 bits per heavy atom. The van der Waals surface area contributed by atoms with E-state index in [1.807, 2.05) is 0 Å². The van der Waals surface area contributed by atoms with Crippen LogP contribution >= 0.6 is 0 Å². The van der Waals surface area contributed by atoms with Crippen LogP contribution in [-0.2, 0) is 14.6 Å². The lowest BCUT2D eigenvalue weighted by Crippen LogP contribution is -2.40. The molecule has 0 amide bonds. The molecule has 1 unspecified atom stereocenters. The molecule has 14 heavy (non-hydrogen) atoms. The summed E-state index contributed by atoms with van der Waals surface area (Å²) in [5, 5.41) is 0. The summed E-state index contributed by atoms with van der Waals surface area (Å²) >= 11 is 0. The molecule has 5 heteroatoms. The number of carbonyl (C=O) groups excluding carboxylic acids is 1. The van der Waals surface area contributed by atoms with E-state index in [-0.39, 0.29) is 18.0 Å². The molecular formula is C9H19NO3S. The molecule has 0 saturated carbocycles. The highest BCUT2D eigenvalue weighted by atomic mass is 32.2. The maximum atomic E-state index is 11.6. The second kappa shape index (κ2) is 4.40. The van der Waals surface area contributed by atoms with E-state index in [9.17, 15) is 13.2 Å². The first kappa shape index (κ1) is 13.6. The van der Waals surface area contributed by atoms with Crippen molar-refractivity contribution in [1.29, 1.82) is 0 Å². The van der Waals surface area contributed by atoms with Crippen LogP contribution in [0.5, 0.6) is 0 Å². The Morgan fingerprint density at radius 2 is 1.79 bits per heavy atom. The molecule has 0 aromatic heterocycles. The number of ketones is 1. The summed E-state index contributed by atoms with van der Waals surface area (Å²) in [5.74, 6) is -0.128. The van der Waals surface area contributed by atoms with Crippen molar-refractivity contribution in [3.63, 3.8) is 0 Å². The zero-order valence-corrected chi connectivity index (χ0v) is 10.0. The first-order valence-electron chi connectivity index (χ1n) is 4.51. The molecular weight excluding hydrogens is 202 g/mol. The molecule has 0 radical (unpaired) electrons. The third-order valence-electron chi connectivity index (χ3n) is 1.88. The lowest BCUT2D eigenvalue weighted by Gasteiger charge is -2.21. The van der Waals surface area contributed by atoms with Gasteiger partial charge in [0.05, 0.1) is 11.8 Å². The molecule has 0 heterocycles. The van der Waals surface area contributed by atoms with E-state index in [1.54, 1.807) is 20.8 Å².